The standard InChI is InChI=1S/C20H25BrN2O2S/c1-25-18-8-6-15(13-16(18)21)7-9-20(24)22-14-17(19-5-4-12-26-19)23-10-2-3-11-23/h4-6,8,12-13,17H,2-3,7,9-11,14H2,1H3,(H,22,24). The number of nitrogens with one attached hydrogen (secondary N) is 1. The van der Waals surface area contributed by atoms with E-state index in [0.29, 0.717) is 19.0 Å². The van der Waals surface area contributed by atoms with Gasteiger partial charge in [-0.3, -0.25) is 9.69 Å². The number of hydrogen-bond donors (Lipinski definition) is 1. The summed E-state index contributed by atoms with van der Waals surface area (Å²) in [6.45, 7) is 2.93. The van der Waals surface area contributed by atoms with Gasteiger partial charge in [0.05, 0.1) is 17.6 Å². The van der Waals surface area contributed by atoms with Crippen LogP contribution < -0.4 is 10.1 Å². The highest BCUT2D eigenvalue weighted by Gasteiger charge is 2.24. The van der Waals surface area contributed by atoms with Crippen LogP contribution >= 0.6 is 27.3 Å². The number of carbonyl (C=O) groups is 1. The number of amides is 1. The molecule has 1 unspecified atom stereocenters. The lowest BCUT2D eigenvalue weighted by Crippen LogP contribution is -2.36. The molecular formula is C20H25BrN2O2S. The van der Waals surface area contributed by atoms with Gasteiger partial charge in [0.1, 0.15) is 5.75 Å². The molecule has 140 valence electrons. The zero-order valence-corrected chi connectivity index (χ0v) is 17.4. The number of methoxy groups -OCH3 is 1. The Morgan fingerprint density at radius 1 is 1.35 bits per heavy atom. The summed E-state index contributed by atoms with van der Waals surface area (Å²) >= 11 is 5.27. The molecule has 0 aliphatic carbocycles. The lowest BCUT2D eigenvalue weighted by molar-refractivity contribution is -0.121. The summed E-state index contributed by atoms with van der Waals surface area (Å²) in [6.07, 6.45) is 3.72. The van der Waals surface area contributed by atoms with E-state index < -0.39 is 0 Å². The number of hydrogen-bond acceptors (Lipinski definition) is 4. The molecule has 1 fully saturated rings. The highest BCUT2D eigenvalue weighted by atomic mass is 79.9. The van der Waals surface area contributed by atoms with Crippen LogP contribution in [0.15, 0.2) is 40.2 Å². The first kappa shape index (κ1) is 19.4. The predicted molar refractivity (Wildman–Crippen MR) is 110 cm³/mol. The van der Waals surface area contributed by atoms with Crippen molar-refractivity contribution in [3.05, 3.63) is 50.6 Å². The van der Waals surface area contributed by atoms with Crippen molar-refractivity contribution in [2.24, 2.45) is 0 Å². The molecule has 0 radical (unpaired) electrons. The average Bonchev–Trinajstić information content (AvgIpc) is 3.35. The molecule has 26 heavy (non-hydrogen) atoms. The Kier molecular flexibility index (Phi) is 7.11. The Hall–Kier alpha value is -1.37. The monoisotopic (exact) mass is 436 g/mol. The minimum absolute atomic E-state index is 0.109. The van der Waals surface area contributed by atoms with Gasteiger partial charge in [-0.1, -0.05) is 12.1 Å². The van der Waals surface area contributed by atoms with Gasteiger partial charge in [0.15, 0.2) is 0 Å². The first-order valence-electron chi connectivity index (χ1n) is 9.04. The van der Waals surface area contributed by atoms with E-state index in [4.69, 9.17) is 4.74 Å². The number of benzene rings is 1. The van der Waals surface area contributed by atoms with E-state index in [1.807, 2.05) is 18.2 Å². The van der Waals surface area contributed by atoms with E-state index in [1.165, 1.54) is 17.7 Å². The minimum atomic E-state index is 0.109. The highest BCUT2D eigenvalue weighted by Crippen LogP contribution is 2.28. The smallest absolute Gasteiger partial charge is 0.220 e. The van der Waals surface area contributed by atoms with Crippen molar-refractivity contribution >= 4 is 33.2 Å². The molecule has 0 spiro atoms. The second-order valence-electron chi connectivity index (χ2n) is 6.55. The van der Waals surface area contributed by atoms with Crippen LogP contribution in [0.1, 0.15) is 35.7 Å². The number of ether oxygens (including phenoxy) is 1. The summed E-state index contributed by atoms with van der Waals surface area (Å²) in [5, 5.41) is 5.26. The van der Waals surface area contributed by atoms with E-state index in [9.17, 15) is 4.79 Å². The Balaban J connectivity index is 1.51. The molecule has 2 aromatic rings. The maximum Gasteiger partial charge on any atom is 0.220 e. The fourth-order valence-corrected chi connectivity index (χ4v) is 4.81. The van der Waals surface area contributed by atoms with Gasteiger partial charge >= 0.3 is 0 Å². The third-order valence-electron chi connectivity index (χ3n) is 4.80. The molecule has 3 rings (SSSR count). The molecule has 1 aliphatic heterocycles. The number of carbonyl (C=O) groups excluding carboxylic acids is 1. The predicted octanol–water partition coefficient (Wildman–Crippen LogP) is 4.41. The van der Waals surface area contributed by atoms with Gasteiger partial charge < -0.3 is 10.1 Å². The summed E-state index contributed by atoms with van der Waals surface area (Å²) in [6, 6.07) is 10.5. The molecule has 1 aromatic carbocycles. The van der Waals surface area contributed by atoms with Gasteiger partial charge in [0, 0.05) is 17.8 Å². The van der Waals surface area contributed by atoms with E-state index >= 15 is 0 Å². The van der Waals surface area contributed by atoms with Gasteiger partial charge in [0.2, 0.25) is 5.91 Å². The lowest BCUT2D eigenvalue weighted by Gasteiger charge is -2.27. The molecule has 1 aliphatic rings. The number of rotatable bonds is 8. The molecule has 1 atom stereocenters. The van der Waals surface area contributed by atoms with Gasteiger partial charge in [0.25, 0.3) is 0 Å². The van der Waals surface area contributed by atoms with Crippen molar-refractivity contribution in [3.8, 4) is 5.75 Å². The summed E-state index contributed by atoms with van der Waals surface area (Å²) in [4.78, 5) is 16.2. The third kappa shape index (κ3) is 5.09. The quantitative estimate of drug-likeness (QED) is 0.666. The highest BCUT2D eigenvalue weighted by molar-refractivity contribution is 9.10. The van der Waals surface area contributed by atoms with Gasteiger partial charge in [-0.05, 0) is 77.4 Å². The number of halogens is 1. The maximum atomic E-state index is 12.4. The summed E-state index contributed by atoms with van der Waals surface area (Å²) in [5.74, 6) is 0.917. The van der Waals surface area contributed by atoms with Crippen LogP contribution in [0.25, 0.3) is 0 Å². The third-order valence-corrected chi connectivity index (χ3v) is 6.40. The minimum Gasteiger partial charge on any atom is -0.496 e. The van der Waals surface area contributed by atoms with Crippen LogP contribution in [0.5, 0.6) is 5.75 Å². The fraction of sp³-hybridized carbons (Fsp3) is 0.450. The first-order valence-corrected chi connectivity index (χ1v) is 10.7. The van der Waals surface area contributed by atoms with E-state index in [-0.39, 0.29) is 5.91 Å². The molecule has 1 saturated heterocycles. The van der Waals surface area contributed by atoms with Crippen molar-refractivity contribution in [3.63, 3.8) is 0 Å². The molecule has 1 N–H and O–H groups in total. The van der Waals surface area contributed by atoms with E-state index in [1.54, 1.807) is 18.4 Å². The molecule has 4 nitrogen and oxygen atoms in total. The summed E-state index contributed by atoms with van der Waals surface area (Å²) in [7, 11) is 1.65. The van der Waals surface area contributed by atoms with Crippen LogP contribution in [0.2, 0.25) is 0 Å². The number of nitrogens with zero attached hydrogens (tertiary/aromatic N) is 1. The van der Waals surface area contributed by atoms with Crippen molar-refractivity contribution in [1.29, 1.82) is 0 Å². The summed E-state index contributed by atoms with van der Waals surface area (Å²) in [5.41, 5.74) is 1.13. The maximum absolute atomic E-state index is 12.4. The van der Waals surface area contributed by atoms with Crippen LogP contribution in [0.3, 0.4) is 0 Å². The average molecular weight is 437 g/mol. The Morgan fingerprint density at radius 3 is 2.81 bits per heavy atom. The van der Waals surface area contributed by atoms with Crippen molar-refractivity contribution in [2.45, 2.75) is 31.7 Å². The number of aryl methyl sites for hydroxylation is 1. The fourth-order valence-electron chi connectivity index (χ4n) is 3.37. The molecule has 2 heterocycles. The van der Waals surface area contributed by atoms with Crippen LogP contribution in [-0.4, -0.2) is 37.6 Å². The van der Waals surface area contributed by atoms with E-state index in [2.05, 4.69) is 43.7 Å². The lowest BCUT2D eigenvalue weighted by atomic mass is 10.1. The molecule has 6 heteroatoms. The molecule has 1 aromatic heterocycles. The van der Waals surface area contributed by atoms with Crippen LogP contribution in [-0.2, 0) is 11.2 Å². The Morgan fingerprint density at radius 2 is 2.15 bits per heavy atom. The Bertz CT molecular complexity index is 715. The van der Waals surface area contributed by atoms with Crippen LogP contribution in [0, 0.1) is 0 Å². The summed E-state index contributed by atoms with van der Waals surface area (Å²) < 4.78 is 6.17. The second kappa shape index (κ2) is 9.53. The largest absolute Gasteiger partial charge is 0.496 e. The van der Waals surface area contributed by atoms with Gasteiger partial charge in [-0.15, -0.1) is 11.3 Å². The molecule has 0 bridgehead atoms. The Labute approximate surface area is 167 Å². The molecule has 1 amide bonds. The van der Waals surface area contributed by atoms with Crippen molar-refractivity contribution < 1.29 is 9.53 Å². The van der Waals surface area contributed by atoms with Gasteiger partial charge in [-0.2, -0.15) is 0 Å². The zero-order chi connectivity index (χ0) is 18.4. The number of likely N-dealkylation sites (tertiary alicyclic amines) is 1. The molecule has 0 saturated carbocycles. The van der Waals surface area contributed by atoms with Crippen molar-refractivity contribution in [2.75, 3.05) is 26.7 Å². The zero-order valence-electron chi connectivity index (χ0n) is 15.0. The number of thiophene rings is 1. The van der Waals surface area contributed by atoms with Crippen molar-refractivity contribution in [1.82, 2.24) is 10.2 Å². The normalized spacial score (nSPS) is 15.8. The van der Waals surface area contributed by atoms with Gasteiger partial charge in [-0.25, -0.2) is 0 Å². The van der Waals surface area contributed by atoms with Crippen LogP contribution in [0.4, 0.5) is 0 Å². The SMILES string of the molecule is COc1ccc(CCC(=O)NCC(c2cccs2)N2CCCC2)cc1Br. The topological polar surface area (TPSA) is 41.6 Å². The second-order valence-corrected chi connectivity index (χ2v) is 8.38. The van der Waals surface area contributed by atoms with E-state index in [0.717, 1.165) is 35.3 Å². The first-order chi connectivity index (χ1) is 12.7. The molecular weight excluding hydrogens is 412 g/mol.